The number of rotatable bonds is 5. The van der Waals surface area contributed by atoms with Crippen LogP contribution in [-0.4, -0.2) is 25.5 Å². The van der Waals surface area contributed by atoms with Gasteiger partial charge in [0.15, 0.2) is 0 Å². The van der Waals surface area contributed by atoms with E-state index in [1.165, 1.54) is 0 Å². The number of hydrogen-bond donors (Lipinski definition) is 0. The molecule has 4 heteroatoms. The van der Waals surface area contributed by atoms with E-state index in [1.807, 2.05) is 24.3 Å². The van der Waals surface area contributed by atoms with Crippen molar-refractivity contribution in [1.82, 2.24) is 4.90 Å². The quantitative estimate of drug-likeness (QED) is 0.819. The molecule has 2 aliphatic rings. The molecule has 0 spiro atoms. The summed E-state index contributed by atoms with van der Waals surface area (Å²) < 4.78 is 19.7. The van der Waals surface area contributed by atoms with Gasteiger partial charge in [-0.3, -0.25) is 0 Å². The molecule has 3 nitrogen and oxygen atoms in total. The molecule has 3 rings (SSSR count). The second-order valence-corrected chi connectivity index (χ2v) is 6.86. The van der Waals surface area contributed by atoms with E-state index in [-0.39, 0.29) is 11.7 Å². The van der Waals surface area contributed by atoms with Crippen LogP contribution in [0.25, 0.3) is 0 Å². The van der Waals surface area contributed by atoms with Crippen molar-refractivity contribution in [3.05, 3.63) is 58.9 Å². The van der Waals surface area contributed by atoms with Crippen molar-refractivity contribution < 1.29 is 9.13 Å². The Kier molecular flexibility index (Phi) is 4.84. The van der Waals surface area contributed by atoms with Crippen LogP contribution in [0.3, 0.4) is 0 Å². The Bertz CT molecular complexity index is 717. The van der Waals surface area contributed by atoms with Gasteiger partial charge >= 0.3 is 0 Å². The molecule has 0 radical (unpaired) electrons. The summed E-state index contributed by atoms with van der Waals surface area (Å²) in [5.74, 6) is -0.0545. The van der Waals surface area contributed by atoms with E-state index >= 15 is 0 Å². The molecule has 24 heavy (non-hydrogen) atoms. The monoisotopic (exact) mass is 326 g/mol. The van der Waals surface area contributed by atoms with Crippen molar-refractivity contribution in [3.63, 3.8) is 0 Å². The lowest BCUT2D eigenvalue weighted by Crippen LogP contribution is -2.35. The number of allylic oxidation sites excluding steroid dienone is 3. The normalized spacial score (nSPS) is 25.5. The van der Waals surface area contributed by atoms with Crippen molar-refractivity contribution in [2.75, 3.05) is 20.6 Å². The van der Waals surface area contributed by atoms with Gasteiger partial charge < -0.3 is 9.64 Å². The van der Waals surface area contributed by atoms with Gasteiger partial charge in [0.1, 0.15) is 11.4 Å². The van der Waals surface area contributed by atoms with Gasteiger partial charge in [-0.2, -0.15) is 5.26 Å². The number of nitrogens with zero attached hydrogens (tertiary/aromatic N) is 2. The van der Waals surface area contributed by atoms with E-state index in [9.17, 15) is 4.39 Å². The summed E-state index contributed by atoms with van der Waals surface area (Å²) in [4.78, 5) is 2.17. The molecule has 0 amide bonds. The molecule has 126 valence electrons. The molecule has 1 aromatic carbocycles. The third-order valence-electron chi connectivity index (χ3n) is 4.98. The first-order chi connectivity index (χ1) is 11.5. The summed E-state index contributed by atoms with van der Waals surface area (Å²) in [5, 5.41) is 9.12. The van der Waals surface area contributed by atoms with Crippen LogP contribution in [0.4, 0.5) is 4.39 Å². The third kappa shape index (κ3) is 3.15. The fourth-order valence-electron chi connectivity index (χ4n) is 3.78. The van der Waals surface area contributed by atoms with Crippen LogP contribution in [0, 0.1) is 17.2 Å². The van der Waals surface area contributed by atoms with Crippen LogP contribution in [0.5, 0.6) is 0 Å². The van der Waals surface area contributed by atoms with Gasteiger partial charge in [-0.15, -0.1) is 0 Å². The van der Waals surface area contributed by atoms with Crippen molar-refractivity contribution in [2.24, 2.45) is 5.92 Å². The zero-order valence-electron chi connectivity index (χ0n) is 14.3. The average Bonchev–Trinajstić information content (AvgIpc) is 2.94. The predicted octanol–water partition coefficient (Wildman–Crippen LogP) is 4.06. The lowest BCUT2D eigenvalue weighted by atomic mass is 9.74. The van der Waals surface area contributed by atoms with E-state index in [2.05, 4.69) is 25.1 Å². The van der Waals surface area contributed by atoms with Gasteiger partial charge in [0.25, 0.3) is 0 Å². The van der Waals surface area contributed by atoms with Gasteiger partial charge in [0, 0.05) is 5.92 Å². The minimum atomic E-state index is -0.424. The second kappa shape index (κ2) is 6.88. The summed E-state index contributed by atoms with van der Waals surface area (Å²) in [7, 11) is 4.13. The number of hydrogen-bond acceptors (Lipinski definition) is 3. The Morgan fingerprint density at radius 3 is 2.92 bits per heavy atom. The first-order valence-corrected chi connectivity index (χ1v) is 8.41. The SMILES string of the molecule is CN(C)CCCC1(C2C=CC(F)=CC2)OCc2cc(C#N)ccc21. The topological polar surface area (TPSA) is 36.3 Å². The molecule has 0 fully saturated rings. The zero-order valence-corrected chi connectivity index (χ0v) is 14.3. The molecule has 1 heterocycles. The van der Waals surface area contributed by atoms with E-state index < -0.39 is 5.60 Å². The highest BCUT2D eigenvalue weighted by atomic mass is 19.1. The molecule has 1 aliphatic carbocycles. The van der Waals surface area contributed by atoms with E-state index in [0.29, 0.717) is 18.6 Å². The zero-order chi connectivity index (χ0) is 17.2. The van der Waals surface area contributed by atoms with Crippen molar-refractivity contribution in [3.8, 4) is 6.07 Å². The highest BCUT2D eigenvalue weighted by molar-refractivity contribution is 5.44. The van der Waals surface area contributed by atoms with Gasteiger partial charge in [0.2, 0.25) is 0 Å². The van der Waals surface area contributed by atoms with E-state index in [4.69, 9.17) is 10.00 Å². The van der Waals surface area contributed by atoms with Crippen molar-refractivity contribution >= 4 is 0 Å². The Morgan fingerprint density at radius 1 is 1.42 bits per heavy atom. The Hall–Kier alpha value is -1.96. The van der Waals surface area contributed by atoms with Gasteiger partial charge in [-0.25, -0.2) is 4.39 Å². The summed E-state index contributed by atoms with van der Waals surface area (Å²) >= 11 is 0. The number of benzene rings is 1. The van der Waals surface area contributed by atoms with E-state index in [0.717, 1.165) is 30.5 Å². The molecule has 0 saturated heterocycles. The first kappa shape index (κ1) is 16.9. The fraction of sp³-hybridized carbons (Fsp3) is 0.450. The van der Waals surface area contributed by atoms with Crippen LogP contribution < -0.4 is 0 Å². The minimum absolute atomic E-state index is 0.119. The van der Waals surface area contributed by atoms with E-state index in [1.54, 1.807) is 12.2 Å². The maximum atomic E-state index is 13.4. The lowest BCUT2D eigenvalue weighted by Gasteiger charge is -2.37. The van der Waals surface area contributed by atoms with Crippen LogP contribution in [0.2, 0.25) is 0 Å². The molecule has 0 aromatic heterocycles. The molecule has 2 unspecified atom stereocenters. The summed E-state index contributed by atoms with van der Waals surface area (Å²) in [5.41, 5.74) is 2.48. The van der Waals surface area contributed by atoms with Gasteiger partial charge in [-0.1, -0.05) is 12.1 Å². The van der Waals surface area contributed by atoms with Crippen LogP contribution >= 0.6 is 0 Å². The Balaban J connectivity index is 1.93. The number of halogens is 1. The third-order valence-corrected chi connectivity index (χ3v) is 4.98. The van der Waals surface area contributed by atoms with Crippen LogP contribution in [0.15, 0.2) is 42.3 Å². The maximum Gasteiger partial charge on any atom is 0.118 e. The number of ether oxygens (including phenoxy) is 1. The summed E-state index contributed by atoms with van der Waals surface area (Å²) in [6.07, 6.45) is 7.66. The maximum absolute atomic E-state index is 13.4. The molecule has 0 saturated carbocycles. The lowest BCUT2D eigenvalue weighted by molar-refractivity contribution is -0.0769. The molecule has 2 atom stereocenters. The number of fused-ring (bicyclic) bond motifs is 1. The Labute approximate surface area is 143 Å². The molecule has 0 bridgehead atoms. The molecule has 0 N–H and O–H groups in total. The minimum Gasteiger partial charge on any atom is -0.365 e. The van der Waals surface area contributed by atoms with Gasteiger partial charge in [-0.05, 0) is 75.3 Å². The largest absolute Gasteiger partial charge is 0.365 e. The smallest absolute Gasteiger partial charge is 0.118 e. The summed E-state index contributed by atoms with van der Waals surface area (Å²) in [6.45, 7) is 1.50. The second-order valence-electron chi connectivity index (χ2n) is 6.86. The molecular weight excluding hydrogens is 303 g/mol. The highest BCUT2D eigenvalue weighted by Gasteiger charge is 2.45. The van der Waals surface area contributed by atoms with Crippen LogP contribution in [0.1, 0.15) is 36.0 Å². The molecule has 1 aromatic rings. The first-order valence-electron chi connectivity index (χ1n) is 8.41. The summed E-state index contributed by atoms with van der Waals surface area (Å²) in [6, 6.07) is 8.00. The van der Waals surface area contributed by atoms with Crippen LogP contribution in [-0.2, 0) is 16.9 Å². The average molecular weight is 326 g/mol. The highest BCUT2D eigenvalue weighted by Crippen LogP contribution is 2.48. The molecule has 1 aliphatic heterocycles. The Morgan fingerprint density at radius 2 is 2.25 bits per heavy atom. The number of nitriles is 1. The van der Waals surface area contributed by atoms with Gasteiger partial charge in [0.05, 0.1) is 18.2 Å². The fourth-order valence-corrected chi connectivity index (χ4v) is 3.78. The molecular formula is C20H23FN2O. The predicted molar refractivity (Wildman–Crippen MR) is 91.9 cm³/mol. The van der Waals surface area contributed by atoms with Crippen molar-refractivity contribution in [2.45, 2.75) is 31.5 Å². The standard InChI is InChI=1S/C20H23FN2O/c1-23(2)11-3-10-20(17-5-7-18(21)8-6-17)19-9-4-15(13-22)12-16(19)14-24-20/h4-5,7-9,12,17H,3,6,10-11,14H2,1-2H3. The van der Waals surface area contributed by atoms with Crippen molar-refractivity contribution in [1.29, 1.82) is 5.26 Å².